The number of phenolic OH excluding ortho intramolecular Hbond substituents is 1. The molecule has 164 valence electrons. The second-order valence-electron chi connectivity index (χ2n) is 8.57. The number of para-hydroxylation sites is 1. The quantitative estimate of drug-likeness (QED) is 0.664. The molecule has 3 aromatic rings. The number of fused-ring (bicyclic) bond motifs is 2. The number of likely N-dealkylation sites (tertiary alicyclic amines) is 1. The van der Waals surface area contributed by atoms with Crippen LogP contribution in [-0.2, 0) is 11.2 Å². The molecule has 0 spiro atoms. The molecular formula is C26H26N2O4. The minimum absolute atomic E-state index is 0.0304. The molecule has 32 heavy (non-hydrogen) atoms. The van der Waals surface area contributed by atoms with E-state index < -0.39 is 6.04 Å². The molecule has 0 radical (unpaired) electrons. The minimum Gasteiger partial charge on any atom is -0.506 e. The lowest BCUT2D eigenvalue weighted by atomic mass is 9.96. The van der Waals surface area contributed by atoms with Crippen LogP contribution in [0.5, 0.6) is 11.5 Å². The van der Waals surface area contributed by atoms with E-state index in [0.717, 1.165) is 29.5 Å². The molecule has 2 aliphatic rings. The maximum Gasteiger partial charge on any atom is 0.258 e. The topological polar surface area (TPSA) is 78.9 Å². The maximum absolute atomic E-state index is 13.2. The summed E-state index contributed by atoms with van der Waals surface area (Å²) in [4.78, 5) is 27.8. The fourth-order valence-electron chi connectivity index (χ4n) is 4.75. The predicted molar refractivity (Wildman–Crippen MR) is 122 cm³/mol. The van der Waals surface area contributed by atoms with Crippen LogP contribution >= 0.6 is 0 Å². The van der Waals surface area contributed by atoms with Crippen LogP contribution in [0.2, 0.25) is 0 Å². The van der Waals surface area contributed by atoms with Crippen LogP contribution in [0.1, 0.15) is 28.8 Å². The summed E-state index contributed by atoms with van der Waals surface area (Å²) in [6.45, 7) is 1.57. The van der Waals surface area contributed by atoms with Gasteiger partial charge in [0.05, 0.1) is 12.2 Å². The Bertz CT molecular complexity index is 1180. The molecule has 5 rings (SSSR count). The lowest BCUT2D eigenvalue weighted by molar-refractivity contribution is -0.125. The van der Waals surface area contributed by atoms with E-state index in [4.69, 9.17) is 4.74 Å². The Kier molecular flexibility index (Phi) is 5.43. The first-order valence-electron chi connectivity index (χ1n) is 11.1. The molecule has 6 heteroatoms. The zero-order valence-corrected chi connectivity index (χ0v) is 17.8. The monoisotopic (exact) mass is 430 g/mol. The third-order valence-electron chi connectivity index (χ3n) is 6.47. The van der Waals surface area contributed by atoms with Crippen molar-refractivity contribution in [3.05, 3.63) is 71.8 Å². The highest BCUT2D eigenvalue weighted by Gasteiger charge is 2.36. The number of benzene rings is 3. The van der Waals surface area contributed by atoms with Gasteiger partial charge in [0.1, 0.15) is 17.5 Å². The number of ether oxygens (including phenoxy) is 1. The maximum atomic E-state index is 13.2. The molecule has 0 bridgehead atoms. The Morgan fingerprint density at radius 3 is 2.78 bits per heavy atom. The van der Waals surface area contributed by atoms with Crippen molar-refractivity contribution in [1.82, 2.24) is 10.2 Å². The molecule has 2 heterocycles. The zero-order valence-electron chi connectivity index (χ0n) is 17.8. The van der Waals surface area contributed by atoms with Crippen LogP contribution in [0.3, 0.4) is 0 Å². The molecule has 3 aromatic carbocycles. The van der Waals surface area contributed by atoms with Gasteiger partial charge in [0.25, 0.3) is 5.91 Å². The Morgan fingerprint density at radius 1 is 1.06 bits per heavy atom. The second kappa shape index (κ2) is 8.54. The number of hydrogen-bond donors (Lipinski definition) is 2. The lowest BCUT2D eigenvalue weighted by Crippen LogP contribution is -2.47. The van der Waals surface area contributed by atoms with Gasteiger partial charge in [0.15, 0.2) is 0 Å². The van der Waals surface area contributed by atoms with Crippen molar-refractivity contribution < 1.29 is 19.4 Å². The summed E-state index contributed by atoms with van der Waals surface area (Å²) >= 11 is 0. The van der Waals surface area contributed by atoms with Gasteiger partial charge in [0.2, 0.25) is 5.91 Å². The van der Waals surface area contributed by atoms with Crippen molar-refractivity contribution in [3.8, 4) is 11.5 Å². The average molecular weight is 431 g/mol. The standard InChI is InChI=1S/C26H26N2O4/c29-24-20-8-3-1-6-18(20)11-12-21(24)26(31)28-13-5-9-22(28)25(30)27-15-17-14-19-7-2-4-10-23(19)32-16-17/h1-4,6-8,10-12,17,22,29H,5,9,13-16H2,(H,27,30). The van der Waals surface area contributed by atoms with E-state index in [9.17, 15) is 14.7 Å². The molecule has 2 N–H and O–H groups in total. The predicted octanol–water partition coefficient (Wildman–Crippen LogP) is 3.52. The van der Waals surface area contributed by atoms with E-state index in [0.29, 0.717) is 31.5 Å². The number of rotatable bonds is 4. The second-order valence-corrected chi connectivity index (χ2v) is 8.57. The number of nitrogens with one attached hydrogen (secondary N) is 1. The summed E-state index contributed by atoms with van der Waals surface area (Å²) < 4.78 is 5.82. The molecule has 0 aliphatic carbocycles. The van der Waals surface area contributed by atoms with Crippen LogP contribution < -0.4 is 10.1 Å². The molecule has 2 atom stereocenters. The fraction of sp³-hybridized carbons (Fsp3) is 0.308. The van der Waals surface area contributed by atoms with Gasteiger partial charge in [-0.25, -0.2) is 0 Å². The number of carbonyl (C=O) groups excluding carboxylic acids is 2. The van der Waals surface area contributed by atoms with E-state index in [1.807, 2.05) is 42.5 Å². The number of carbonyl (C=O) groups is 2. The van der Waals surface area contributed by atoms with Gasteiger partial charge in [0, 0.05) is 24.4 Å². The Morgan fingerprint density at radius 2 is 1.88 bits per heavy atom. The lowest BCUT2D eigenvalue weighted by Gasteiger charge is -2.28. The summed E-state index contributed by atoms with van der Waals surface area (Å²) in [5.74, 6) is 0.634. The van der Waals surface area contributed by atoms with Crippen molar-refractivity contribution in [2.24, 2.45) is 5.92 Å². The minimum atomic E-state index is -0.523. The van der Waals surface area contributed by atoms with Crippen LogP contribution in [0.4, 0.5) is 0 Å². The first-order chi connectivity index (χ1) is 15.6. The van der Waals surface area contributed by atoms with Gasteiger partial charge in [-0.05, 0) is 42.3 Å². The Labute approximate surface area is 186 Å². The summed E-state index contributed by atoms with van der Waals surface area (Å²) in [5.41, 5.74) is 1.39. The number of aromatic hydroxyl groups is 1. The van der Waals surface area contributed by atoms with Gasteiger partial charge >= 0.3 is 0 Å². The molecule has 2 unspecified atom stereocenters. The normalized spacial score (nSPS) is 19.9. The molecule has 2 amide bonds. The van der Waals surface area contributed by atoms with Crippen molar-refractivity contribution in [1.29, 1.82) is 0 Å². The van der Waals surface area contributed by atoms with Crippen molar-refractivity contribution in [2.45, 2.75) is 25.3 Å². The van der Waals surface area contributed by atoms with E-state index in [1.54, 1.807) is 17.0 Å². The molecular weight excluding hydrogens is 404 g/mol. The summed E-state index contributed by atoms with van der Waals surface area (Å²) in [6.07, 6.45) is 2.24. The van der Waals surface area contributed by atoms with E-state index in [2.05, 4.69) is 11.4 Å². The number of nitrogens with zero attached hydrogens (tertiary/aromatic N) is 1. The van der Waals surface area contributed by atoms with Crippen molar-refractivity contribution >= 4 is 22.6 Å². The van der Waals surface area contributed by atoms with E-state index in [-0.39, 0.29) is 29.0 Å². The number of phenols is 1. The SMILES string of the molecule is O=C(NCC1COc2ccccc2C1)C1CCCN1C(=O)c1ccc2ccccc2c1O. The average Bonchev–Trinajstić information content (AvgIpc) is 3.32. The summed E-state index contributed by atoms with van der Waals surface area (Å²) in [6, 6.07) is 18.3. The third-order valence-corrected chi connectivity index (χ3v) is 6.47. The number of amides is 2. The highest BCUT2D eigenvalue weighted by molar-refractivity contribution is 6.05. The van der Waals surface area contributed by atoms with Gasteiger partial charge in [-0.15, -0.1) is 0 Å². The first kappa shape index (κ1) is 20.4. The smallest absolute Gasteiger partial charge is 0.258 e. The largest absolute Gasteiger partial charge is 0.506 e. The molecule has 0 aromatic heterocycles. The third kappa shape index (κ3) is 3.77. The Balaban J connectivity index is 1.26. The summed E-state index contributed by atoms with van der Waals surface area (Å²) in [5, 5.41) is 15.2. The molecule has 2 aliphatic heterocycles. The van der Waals surface area contributed by atoms with Gasteiger partial charge in [-0.3, -0.25) is 9.59 Å². The molecule has 0 saturated carbocycles. The molecule has 1 saturated heterocycles. The molecule has 6 nitrogen and oxygen atoms in total. The van der Waals surface area contributed by atoms with Crippen molar-refractivity contribution in [2.75, 3.05) is 19.7 Å². The first-order valence-corrected chi connectivity index (χ1v) is 11.1. The Hall–Kier alpha value is -3.54. The van der Waals surface area contributed by atoms with E-state index >= 15 is 0 Å². The van der Waals surface area contributed by atoms with Crippen LogP contribution in [0.25, 0.3) is 10.8 Å². The van der Waals surface area contributed by atoms with E-state index in [1.165, 1.54) is 0 Å². The van der Waals surface area contributed by atoms with Gasteiger partial charge in [-0.2, -0.15) is 0 Å². The fourth-order valence-corrected chi connectivity index (χ4v) is 4.75. The van der Waals surface area contributed by atoms with Crippen molar-refractivity contribution in [3.63, 3.8) is 0 Å². The molecule has 1 fully saturated rings. The van der Waals surface area contributed by atoms with Crippen LogP contribution in [0.15, 0.2) is 60.7 Å². The van der Waals surface area contributed by atoms with Gasteiger partial charge < -0.3 is 20.1 Å². The number of hydrogen-bond acceptors (Lipinski definition) is 4. The highest BCUT2D eigenvalue weighted by Crippen LogP contribution is 2.31. The summed E-state index contributed by atoms with van der Waals surface area (Å²) in [7, 11) is 0. The zero-order chi connectivity index (χ0) is 22.1. The van der Waals surface area contributed by atoms with Gasteiger partial charge in [-0.1, -0.05) is 48.5 Å². The highest BCUT2D eigenvalue weighted by atomic mass is 16.5. The van der Waals surface area contributed by atoms with Crippen LogP contribution in [-0.4, -0.2) is 47.6 Å². The van der Waals surface area contributed by atoms with Crippen LogP contribution in [0, 0.1) is 5.92 Å².